The molecule has 1 aromatic rings. The molecule has 1 unspecified atom stereocenters. The first kappa shape index (κ1) is 12.1. The van der Waals surface area contributed by atoms with Crippen molar-refractivity contribution in [2.75, 3.05) is 26.3 Å². The standard InChI is InChI=1S/C11H17N3O3/c1-2-16-11(15)7-14-8-13-5-9(14)10-6-12-3-4-17-10/h5,8,10,12H,2-4,6-7H2,1H3. The van der Waals surface area contributed by atoms with E-state index >= 15 is 0 Å². The topological polar surface area (TPSA) is 65.4 Å². The van der Waals surface area contributed by atoms with Crippen molar-refractivity contribution >= 4 is 5.97 Å². The number of hydrogen-bond acceptors (Lipinski definition) is 5. The van der Waals surface area contributed by atoms with Crippen LogP contribution >= 0.6 is 0 Å². The molecule has 17 heavy (non-hydrogen) atoms. The molecule has 1 atom stereocenters. The van der Waals surface area contributed by atoms with Crippen LogP contribution in [0.3, 0.4) is 0 Å². The van der Waals surface area contributed by atoms with E-state index in [0.29, 0.717) is 13.2 Å². The summed E-state index contributed by atoms with van der Waals surface area (Å²) in [5, 5.41) is 3.25. The Kier molecular flexibility index (Phi) is 4.11. The average molecular weight is 239 g/mol. The number of imidazole rings is 1. The number of hydrogen-bond donors (Lipinski definition) is 1. The molecule has 2 heterocycles. The van der Waals surface area contributed by atoms with Gasteiger partial charge in [0.2, 0.25) is 0 Å². The first-order chi connectivity index (χ1) is 8.31. The summed E-state index contributed by atoms with van der Waals surface area (Å²) >= 11 is 0. The molecule has 1 aliphatic heterocycles. The molecule has 0 amide bonds. The smallest absolute Gasteiger partial charge is 0.325 e. The van der Waals surface area contributed by atoms with E-state index in [-0.39, 0.29) is 18.6 Å². The minimum atomic E-state index is -0.254. The molecule has 0 saturated carbocycles. The number of nitrogens with zero attached hydrogens (tertiary/aromatic N) is 2. The lowest BCUT2D eigenvalue weighted by atomic mass is 10.2. The van der Waals surface area contributed by atoms with Crippen molar-refractivity contribution in [3.05, 3.63) is 18.2 Å². The van der Waals surface area contributed by atoms with Crippen LogP contribution in [-0.2, 0) is 20.8 Å². The van der Waals surface area contributed by atoms with Crippen LogP contribution in [0.1, 0.15) is 18.7 Å². The Morgan fingerprint density at radius 1 is 1.76 bits per heavy atom. The highest BCUT2D eigenvalue weighted by molar-refractivity contribution is 5.69. The molecule has 1 saturated heterocycles. The number of morpholine rings is 1. The van der Waals surface area contributed by atoms with Gasteiger partial charge in [-0.05, 0) is 6.92 Å². The van der Waals surface area contributed by atoms with E-state index in [1.165, 1.54) is 0 Å². The molecule has 0 radical (unpaired) electrons. The van der Waals surface area contributed by atoms with Crippen molar-refractivity contribution in [1.29, 1.82) is 0 Å². The molecule has 1 aromatic heterocycles. The van der Waals surface area contributed by atoms with Gasteiger partial charge in [-0.15, -0.1) is 0 Å². The highest BCUT2D eigenvalue weighted by Crippen LogP contribution is 2.18. The van der Waals surface area contributed by atoms with Crippen molar-refractivity contribution in [3.8, 4) is 0 Å². The van der Waals surface area contributed by atoms with Gasteiger partial charge in [0.1, 0.15) is 12.6 Å². The third-order valence-electron chi connectivity index (χ3n) is 2.61. The van der Waals surface area contributed by atoms with E-state index in [4.69, 9.17) is 9.47 Å². The Labute approximate surface area is 99.9 Å². The van der Waals surface area contributed by atoms with Crippen molar-refractivity contribution in [2.45, 2.75) is 19.6 Å². The molecule has 0 spiro atoms. The second-order valence-electron chi connectivity index (χ2n) is 3.81. The summed E-state index contributed by atoms with van der Waals surface area (Å²) in [5.74, 6) is -0.254. The van der Waals surface area contributed by atoms with E-state index in [0.717, 1.165) is 18.8 Å². The van der Waals surface area contributed by atoms with Crippen LogP contribution < -0.4 is 5.32 Å². The zero-order chi connectivity index (χ0) is 12.1. The Morgan fingerprint density at radius 3 is 3.35 bits per heavy atom. The average Bonchev–Trinajstić information content (AvgIpc) is 2.78. The quantitative estimate of drug-likeness (QED) is 0.755. The summed E-state index contributed by atoms with van der Waals surface area (Å²) in [6.07, 6.45) is 3.32. The Morgan fingerprint density at radius 2 is 2.65 bits per heavy atom. The molecule has 0 bridgehead atoms. The fourth-order valence-electron chi connectivity index (χ4n) is 1.83. The van der Waals surface area contributed by atoms with Crippen LogP contribution in [0.2, 0.25) is 0 Å². The predicted molar refractivity (Wildman–Crippen MR) is 60.4 cm³/mol. The van der Waals surface area contributed by atoms with Gasteiger partial charge in [0, 0.05) is 13.1 Å². The largest absolute Gasteiger partial charge is 0.465 e. The maximum Gasteiger partial charge on any atom is 0.325 e. The minimum Gasteiger partial charge on any atom is -0.465 e. The molecular weight excluding hydrogens is 222 g/mol. The zero-order valence-corrected chi connectivity index (χ0v) is 9.89. The van der Waals surface area contributed by atoms with Gasteiger partial charge in [0.15, 0.2) is 0 Å². The summed E-state index contributed by atoms with van der Waals surface area (Å²) in [5.41, 5.74) is 0.908. The van der Waals surface area contributed by atoms with E-state index in [9.17, 15) is 4.79 Å². The van der Waals surface area contributed by atoms with Gasteiger partial charge in [0.05, 0.1) is 31.4 Å². The first-order valence-corrected chi connectivity index (χ1v) is 5.79. The van der Waals surface area contributed by atoms with Crippen molar-refractivity contribution in [2.24, 2.45) is 0 Å². The van der Waals surface area contributed by atoms with Crippen molar-refractivity contribution < 1.29 is 14.3 Å². The lowest BCUT2D eigenvalue weighted by molar-refractivity contribution is -0.143. The van der Waals surface area contributed by atoms with Gasteiger partial charge in [0.25, 0.3) is 0 Å². The zero-order valence-electron chi connectivity index (χ0n) is 9.89. The van der Waals surface area contributed by atoms with Crippen LogP contribution in [0, 0.1) is 0 Å². The van der Waals surface area contributed by atoms with Crippen LogP contribution in [0.5, 0.6) is 0 Å². The van der Waals surface area contributed by atoms with Gasteiger partial charge in [-0.25, -0.2) is 4.98 Å². The fraction of sp³-hybridized carbons (Fsp3) is 0.636. The van der Waals surface area contributed by atoms with Gasteiger partial charge in [-0.3, -0.25) is 4.79 Å². The number of ether oxygens (including phenoxy) is 2. The molecule has 1 aliphatic rings. The molecular formula is C11H17N3O3. The second kappa shape index (κ2) is 5.79. The van der Waals surface area contributed by atoms with E-state index in [1.807, 2.05) is 0 Å². The van der Waals surface area contributed by atoms with Gasteiger partial charge >= 0.3 is 5.97 Å². The van der Waals surface area contributed by atoms with E-state index < -0.39 is 0 Å². The summed E-state index contributed by atoms with van der Waals surface area (Å²) in [6.45, 7) is 4.65. The molecule has 94 valence electrons. The lowest BCUT2D eigenvalue weighted by Crippen LogP contribution is -2.34. The summed E-state index contributed by atoms with van der Waals surface area (Å²) in [6, 6.07) is 0. The SMILES string of the molecule is CCOC(=O)Cn1cncc1C1CNCCO1. The number of carbonyl (C=O) groups excluding carboxylic acids is 1. The van der Waals surface area contributed by atoms with Crippen LogP contribution in [0.15, 0.2) is 12.5 Å². The van der Waals surface area contributed by atoms with Crippen molar-refractivity contribution in [1.82, 2.24) is 14.9 Å². The molecule has 6 heteroatoms. The number of aromatic nitrogens is 2. The lowest BCUT2D eigenvalue weighted by Gasteiger charge is -2.24. The molecule has 0 aromatic carbocycles. The molecule has 1 fully saturated rings. The van der Waals surface area contributed by atoms with Crippen LogP contribution in [0.25, 0.3) is 0 Å². The summed E-state index contributed by atoms with van der Waals surface area (Å²) in [7, 11) is 0. The molecule has 1 N–H and O–H groups in total. The van der Waals surface area contributed by atoms with Crippen LogP contribution in [-0.4, -0.2) is 41.8 Å². The highest BCUT2D eigenvalue weighted by atomic mass is 16.5. The molecule has 2 rings (SSSR count). The third-order valence-corrected chi connectivity index (χ3v) is 2.61. The van der Waals surface area contributed by atoms with Gasteiger partial charge in [-0.1, -0.05) is 0 Å². The van der Waals surface area contributed by atoms with Gasteiger partial charge in [-0.2, -0.15) is 0 Å². The molecule has 0 aliphatic carbocycles. The summed E-state index contributed by atoms with van der Waals surface area (Å²) in [4.78, 5) is 15.5. The Hall–Kier alpha value is -1.40. The number of rotatable bonds is 4. The first-order valence-electron chi connectivity index (χ1n) is 5.79. The molecule has 6 nitrogen and oxygen atoms in total. The van der Waals surface area contributed by atoms with E-state index in [1.54, 1.807) is 24.0 Å². The maximum absolute atomic E-state index is 11.4. The predicted octanol–water partition coefficient (Wildman–Crippen LogP) is 0.107. The van der Waals surface area contributed by atoms with Gasteiger partial charge < -0.3 is 19.4 Å². The number of carbonyl (C=O) groups is 1. The monoisotopic (exact) mass is 239 g/mol. The Balaban J connectivity index is 2.02. The van der Waals surface area contributed by atoms with Crippen LogP contribution in [0.4, 0.5) is 0 Å². The van der Waals surface area contributed by atoms with E-state index in [2.05, 4.69) is 10.3 Å². The normalized spacial score (nSPS) is 20.2. The fourth-order valence-corrected chi connectivity index (χ4v) is 1.83. The van der Waals surface area contributed by atoms with Crippen molar-refractivity contribution in [3.63, 3.8) is 0 Å². The maximum atomic E-state index is 11.4. The Bertz CT molecular complexity index is 372. The highest BCUT2D eigenvalue weighted by Gasteiger charge is 2.20. The number of nitrogens with one attached hydrogen (secondary N) is 1. The summed E-state index contributed by atoms with van der Waals surface area (Å²) < 4.78 is 12.3. The minimum absolute atomic E-state index is 0.0410. The third kappa shape index (κ3) is 3.04. The number of esters is 1. The second-order valence-corrected chi connectivity index (χ2v) is 3.81.